The SMILES string of the molecule is CC(C)(CCCO)CN1CCCS1(=O)=O. The van der Waals surface area contributed by atoms with Gasteiger partial charge in [0.2, 0.25) is 10.0 Å². The number of nitrogens with zero attached hydrogens (tertiary/aromatic N) is 1. The summed E-state index contributed by atoms with van der Waals surface area (Å²) in [6, 6.07) is 0. The number of hydrogen-bond acceptors (Lipinski definition) is 3. The van der Waals surface area contributed by atoms with E-state index in [1.165, 1.54) is 0 Å². The molecule has 15 heavy (non-hydrogen) atoms. The van der Waals surface area contributed by atoms with Gasteiger partial charge in [0.15, 0.2) is 0 Å². The Morgan fingerprint density at radius 1 is 1.40 bits per heavy atom. The van der Waals surface area contributed by atoms with Crippen LogP contribution in [0.4, 0.5) is 0 Å². The van der Waals surface area contributed by atoms with Crippen LogP contribution in [0.1, 0.15) is 33.1 Å². The zero-order chi connectivity index (χ0) is 11.5. The normalized spacial score (nSPS) is 22.1. The van der Waals surface area contributed by atoms with Gasteiger partial charge in [-0.1, -0.05) is 13.8 Å². The Hall–Kier alpha value is -0.130. The predicted molar refractivity (Wildman–Crippen MR) is 60.1 cm³/mol. The molecule has 0 bridgehead atoms. The highest BCUT2D eigenvalue weighted by atomic mass is 32.2. The molecule has 0 amide bonds. The zero-order valence-electron chi connectivity index (χ0n) is 9.57. The molecule has 90 valence electrons. The molecule has 4 nitrogen and oxygen atoms in total. The number of hydrogen-bond donors (Lipinski definition) is 1. The van der Waals surface area contributed by atoms with E-state index in [-0.39, 0.29) is 12.0 Å². The first kappa shape index (κ1) is 12.9. The first-order valence-corrected chi connectivity index (χ1v) is 7.07. The van der Waals surface area contributed by atoms with Crippen LogP contribution >= 0.6 is 0 Å². The lowest BCUT2D eigenvalue weighted by Crippen LogP contribution is -2.35. The van der Waals surface area contributed by atoms with Crippen molar-refractivity contribution in [2.45, 2.75) is 33.1 Å². The van der Waals surface area contributed by atoms with Crippen LogP contribution in [0.2, 0.25) is 0 Å². The maximum atomic E-state index is 11.6. The highest BCUT2D eigenvalue weighted by molar-refractivity contribution is 7.89. The molecule has 5 heteroatoms. The van der Waals surface area contributed by atoms with Gasteiger partial charge in [-0.2, -0.15) is 0 Å². The quantitative estimate of drug-likeness (QED) is 0.767. The zero-order valence-corrected chi connectivity index (χ0v) is 10.4. The first-order chi connectivity index (χ1) is 6.87. The van der Waals surface area contributed by atoms with Gasteiger partial charge in [-0.05, 0) is 24.7 Å². The van der Waals surface area contributed by atoms with E-state index in [2.05, 4.69) is 13.8 Å². The van der Waals surface area contributed by atoms with Gasteiger partial charge in [0.05, 0.1) is 5.75 Å². The summed E-state index contributed by atoms with van der Waals surface area (Å²) in [4.78, 5) is 0. The molecule has 0 saturated carbocycles. The number of rotatable bonds is 5. The van der Waals surface area contributed by atoms with Crippen molar-refractivity contribution in [1.82, 2.24) is 4.31 Å². The molecule has 1 aliphatic heterocycles. The van der Waals surface area contributed by atoms with E-state index in [0.717, 1.165) is 19.3 Å². The molecular weight excluding hydrogens is 214 g/mol. The summed E-state index contributed by atoms with van der Waals surface area (Å²) in [6.45, 7) is 5.52. The van der Waals surface area contributed by atoms with Gasteiger partial charge in [-0.15, -0.1) is 0 Å². The average molecular weight is 235 g/mol. The Morgan fingerprint density at radius 2 is 2.07 bits per heavy atom. The summed E-state index contributed by atoms with van der Waals surface area (Å²) in [7, 11) is -2.97. The molecule has 1 rings (SSSR count). The van der Waals surface area contributed by atoms with Crippen LogP contribution < -0.4 is 0 Å². The number of aliphatic hydroxyl groups is 1. The van der Waals surface area contributed by atoms with Gasteiger partial charge >= 0.3 is 0 Å². The molecule has 0 atom stereocenters. The van der Waals surface area contributed by atoms with Gasteiger partial charge in [0.25, 0.3) is 0 Å². The Balaban J connectivity index is 2.53. The molecule has 0 spiro atoms. The molecule has 1 saturated heterocycles. The Morgan fingerprint density at radius 3 is 2.53 bits per heavy atom. The van der Waals surface area contributed by atoms with Gasteiger partial charge in [-0.3, -0.25) is 0 Å². The average Bonchev–Trinajstić information content (AvgIpc) is 2.42. The fraction of sp³-hybridized carbons (Fsp3) is 1.00. The van der Waals surface area contributed by atoms with E-state index in [9.17, 15) is 8.42 Å². The second-order valence-electron chi connectivity index (χ2n) is 4.99. The molecule has 0 aliphatic carbocycles. The summed E-state index contributed by atoms with van der Waals surface area (Å²) < 4.78 is 24.8. The molecule has 0 unspecified atom stereocenters. The Kier molecular flexibility index (Phi) is 4.14. The van der Waals surface area contributed by atoms with Crippen molar-refractivity contribution in [3.8, 4) is 0 Å². The molecule has 1 N–H and O–H groups in total. The lowest BCUT2D eigenvalue weighted by Gasteiger charge is -2.29. The third-order valence-electron chi connectivity index (χ3n) is 2.82. The topological polar surface area (TPSA) is 57.6 Å². The van der Waals surface area contributed by atoms with Gasteiger partial charge < -0.3 is 5.11 Å². The van der Waals surface area contributed by atoms with Gasteiger partial charge in [0.1, 0.15) is 0 Å². The third-order valence-corrected chi connectivity index (χ3v) is 4.72. The second kappa shape index (κ2) is 4.80. The van der Waals surface area contributed by atoms with Crippen LogP contribution in [0.15, 0.2) is 0 Å². The van der Waals surface area contributed by atoms with Gasteiger partial charge in [0, 0.05) is 19.7 Å². The van der Waals surface area contributed by atoms with Crippen molar-refractivity contribution >= 4 is 10.0 Å². The van der Waals surface area contributed by atoms with Crippen molar-refractivity contribution in [2.75, 3.05) is 25.4 Å². The third kappa shape index (κ3) is 3.74. The van der Waals surface area contributed by atoms with Gasteiger partial charge in [-0.25, -0.2) is 12.7 Å². The molecule has 0 aromatic carbocycles. The maximum absolute atomic E-state index is 11.6. The van der Waals surface area contributed by atoms with E-state index >= 15 is 0 Å². The van der Waals surface area contributed by atoms with Crippen LogP contribution in [0, 0.1) is 5.41 Å². The van der Waals surface area contributed by atoms with Crippen molar-refractivity contribution in [3.05, 3.63) is 0 Å². The summed E-state index contributed by atoms with van der Waals surface area (Å²) >= 11 is 0. The highest BCUT2D eigenvalue weighted by Crippen LogP contribution is 2.27. The summed E-state index contributed by atoms with van der Waals surface area (Å²) in [5, 5.41) is 8.76. The highest BCUT2D eigenvalue weighted by Gasteiger charge is 2.32. The Labute approximate surface area is 92.3 Å². The largest absolute Gasteiger partial charge is 0.396 e. The summed E-state index contributed by atoms with van der Waals surface area (Å²) in [5.41, 5.74) is -0.0415. The predicted octanol–water partition coefficient (Wildman–Crippen LogP) is 0.821. The molecular formula is C10H21NO3S. The lowest BCUT2D eigenvalue weighted by atomic mass is 9.88. The van der Waals surface area contributed by atoms with Crippen LogP contribution in [-0.4, -0.2) is 43.3 Å². The van der Waals surface area contributed by atoms with E-state index in [4.69, 9.17) is 5.11 Å². The van der Waals surface area contributed by atoms with Crippen LogP contribution in [-0.2, 0) is 10.0 Å². The minimum absolute atomic E-state index is 0.0415. The minimum atomic E-state index is -2.97. The first-order valence-electron chi connectivity index (χ1n) is 5.46. The molecule has 1 aliphatic rings. The maximum Gasteiger partial charge on any atom is 0.214 e. The Bertz CT molecular complexity index is 298. The van der Waals surface area contributed by atoms with Crippen molar-refractivity contribution in [1.29, 1.82) is 0 Å². The molecule has 1 fully saturated rings. The van der Waals surface area contributed by atoms with Crippen molar-refractivity contribution in [3.63, 3.8) is 0 Å². The van der Waals surface area contributed by atoms with Crippen molar-refractivity contribution < 1.29 is 13.5 Å². The van der Waals surface area contributed by atoms with E-state index in [1.807, 2.05) is 0 Å². The summed E-state index contributed by atoms with van der Waals surface area (Å²) in [5.74, 6) is 0.295. The van der Waals surface area contributed by atoms with Crippen LogP contribution in [0.5, 0.6) is 0 Å². The monoisotopic (exact) mass is 235 g/mol. The molecule has 0 radical (unpaired) electrons. The molecule has 1 heterocycles. The smallest absolute Gasteiger partial charge is 0.214 e. The van der Waals surface area contributed by atoms with E-state index in [1.54, 1.807) is 4.31 Å². The van der Waals surface area contributed by atoms with E-state index < -0.39 is 10.0 Å². The summed E-state index contributed by atoms with van der Waals surface area (Å²) in [6.07, 6.45) is 2.34. The standard InChI is InChI=1S/C10H21NO3S/c1-10(2,5-3-7-12)9-11-6-4-8-15(11,13)14/h12H,3-9H2,1-2H3. The van der Waals surface area contributed by atoms with Crippen LogP contribution in [0.25, 0.3) is 0 Å². The number of aliphatic hydroxyl groups excluding tert-OH is 1. The molecule has 0 aromatic heterocycles. The van der Waals surface area contributed by atoms with Crippen LogP contribution in [0.3, 0.4) is 0 Å². The molecule has 0 aromatic rings. The minimum Gasteiger partial charge on any atom is -0.396 e. The fourth-order valence-electron chi connectivity index (χ4n) is 1.98. The second-order valence-corrected chi connectivity index (χ2v) is 7.08. The fourth-order valence-corrected chi connectivity index (χ4v) is 3.69. The number of sulfonamides is 1. The van der Waals surface area contributed by atoms with E-state index in [0.29, 0.717) is 18.8 Å². The van der Waals surface area contributed by atoms with Crippen molar-refractivity contribution in [2.24, 2.45) is 5.41 Å². The lowest BCUT2D eigenvalue weighted by molar-refractivity contribution is 0.212.